The van der Waals surface area contributed by atoms with Gasteiger partial charge in [-0.1, -0.05) is 29.8 Å². The van der Waals surface area contributed by atoms with Crippen LogP contribution in [0.5, 0.6) is 0 Å². The summed E-state index contributed by atoms with van der Waals surface area (Å²) in [4.78, 5) is 12.3. The van der Waals surface area contributed by atoms with Crippen molar-refractivity contribution in [1.29, 1.82) is 0 Å². The molecule has 0 spiro atoms. The van der Waals surface area contributed by atoms with Gasteiger partial charge in [0.2, 0.25) is 0 Å². The molecule has 0 aliphatic carbocycles. The molecule has 0 saturated heterocycles. The molecule has 0 heterocycles. The standard InChI is InChI=1S/C19H13ClF2N2O3S/c20-15-10-12(19(25)23-13-7-8-16(21)17(22)11-13)6-9-18(15)24-28(26,27)14-4-2-1-3-5-14/h1-11,24H,(H,23,25). The van der Waals surface area contributed by atoms with Gasteiger partial charge in [-0.15, -0.1) is 0 Å². The normalized spacial score (nSPS) is 11.1. The lowest BCUT2D eigenvalue weighted by Gasteiger charge is -2.11. The first kappa shape index (κ1) is 19.8. The molecule has 2 N–H and O–H groups in total. The maximum Gasteiger partial charge on any atom is 0.261 e. The third kappa shape index (κ3) is 4.47. The second-order valence-corrected chi connectivity index (χ2v) is 7.79. The Morgan fingerprint density at radius 3 is 2.25 bits per heavy atom. The Hall–Kier alpha value is -2.97. The van der Waals surface area contributed by atoms with Gasteiger partial charge in [0.1, 0.15) is 0 Å². The van der Waals surface area contributed by atoms with E-state index in [2.05, 4.69) is 10.0 Å². The quantitative estimate of drug-likeness (QED) is 0.627. The lowest BCUT2D eigenvalue weighted by atomic mass is 10.2. The summed E-state index contributed by atoms with van der Waals surface area (Å²) in [6.45, 7) is 0. The Morgan fingerprint density at radius 1 is 0.893 bits per heavy atom. The van der Waals surface area contributed by atoms with E-state index in [0.717, 1.165) is 12.1 Å². The van der Waals surface area contributed by atoms with Gasteiger partial charge in [0, 0.05) is 17.3 Å². The molecule has 3 aromatic carbocycles. The maximum atomic E-state index is 13.2. The number of benzene rings is 3. The number of rotatable bonds is 5. The van der Waals surface area contributed by atoms with Crippen molar-refractivity contribution in [2.45, 2.75) is 4.90 Å². The number of carbonyl (C=O) groups excluding carboxylic acids is 1. The van der Waals surface area contributed by atoms with Crippen LogP contribution in [0.1, 0.15) is 10.4 Å². The van der Waals surface area contributed by atoms with Crippen LogP contribution in [0, 0.1) is 11.6 Å². The molecule has 9 heteroatoms. The number of carbonyl (C=O) groups is 1. The molecule has 144 valence electrons. The zero-order valence-corrected chi connectivity index (χ0v) is 15.7. The van der Waals surface area contributed by atoms with Crippen LogP contribution >= 0.6 is 11.6 Å². The highest BCUT2D eigenvalue weighted by Gasteiger charge is 2.17. The fourth-order valence-electron chi connectivity index (χ4n) is 2.32. The fraction of sp³-hybridized carbons (Fsp3) is 0. The highest BCUT2D eigenvalue weighted by Crippen LogP contribution is 2.26. The first-order valence-corrected chi connectivity index (χ1v) is 9.76. The van der Waals surface area contributed by atoms with E-state index >= 15 is 0 Å². The van der Waals surface area contributed by atoms with Crippen molar-refractivity contribution in [3.05, 3.63) is 89.0 Å². The van der Waals surface area contributed by atoms with Crippen molar-refractivity contribution < 1.29 is 22.0 Å². The van der Waals surface area contributed by atoms with Crippen LogP contribution in [0.2, 0.25) is 5.02 Å². The molecule has 0 bridgehead atoms. The number of amides is 1. The summed E-state index contributed by atoms with van der Waals surface area (Å²) in [5.74, 6) is -2.75. The number of anilines is 2. The first-order chi connectivity index (χ1) is 13.3. The van der Waals surface area contributed by atoms with Crippen molar-refractivity contribution in [1.82, 2.24) is 0 Å². The van der Waals surface area contributed by atoms with Gasteiger partial charge >= 0.3 is 0 Å². The molecule has 3 aromatic rings. The average Bonchev–Trinajstić information content (AvgIpc) is 2.67. The summed E-state index contributed by atoms with van der Waals surface area (Å²) in [5.41, 5.74) is 0.265. The van der Waals surface area contributed by atoms with Gasteiger partial charge in [0.15, 0.2) is 11.6 Å². The number of hydrogen-bond donors (Lipinski definition) is 2. The molecule has 0 aliphatic heterocycles. The van der Waals surface area contributed by atoms with E-state index in [9.17, 15) is 22.0 Å². The largest absolute Gasteiger partial charge is 0.322 e. The summed E-state index contributed by atoms with van der Waals surface area (Å²) < 4.78 is 53.3. The third-order valence-electron chi connectivity index (χ3n) is 3.71. The number of hydrogen-bond acceptors (Lipinski definition) is 3. The van der Waals surface area contributed by atoms with Crippen LogP contribution in [-0.4, -0.2) is 14.3 Å². The number of halogens is 3. The van der Waals surface area contributed by atoms with Gasteiger partial charge in [0.05, 0.1) is 15.6 Å². The Bertz CT molecular complexity index is 1140. The van der Waals surface area contributed by atoms with Gasteiger partial charge in [0.25, 0.3) is 15.9 Å². The summed E-state index contributed by atoms with van der Waals surface area (Å²) in [5, 5.41) is 2.40. The van der Waals surface area contributed by atoms with E-state index in [1.165, 1.54) is 36.4 Å². The van der Waals surface area contributed by atoms with Gasteiger partial charge in [-0.3, -0.25) is 9.52 Å². The van der Waals surface area contributed by atoms with E-state index in [1.54, 1.807) is 18.2 Å². The molecular weight excluding hydrogens is 410 g/mol. The smallest absolute Gasteiger partial charge is 0.261 e. The van der Waals surface area contributed by atoms with Crippen LogP contribution in [0.3, 0.4) is 0 Å². The van der Waals surface area contributed by atoms with Crippen molar-refractivity contribution in [3.63, 3.8) is 0 Å². The molecule has 5 nitrogen and oxygen atoms in total. The van der Waals surface area contributed by atoms with Crippen LogP contribution in [0.4, 0.5) is 20.2 Å². The van der Waals surface area contributed by atoms with E-state index in [-0.39, 0.29) is 26.9 Å². The molecule has 0 fully saturated rings. The minimum Gasteiger partial charge on any atom is -0.322 e. The highest BCUT2D eigenvalue weighted by atomic mass is 35.5. The van der Waals surface area contributed by atoms with Crippen LogP contribution in [0.25, 0.3) is 0 Å². The summed E-state index contributed by atoms with van der Waals surface area (Å²) in [7, 11) is -3.84. The van der Waals surface area contributed by atoms with Crippen LogP contribution < -0.4 is 10.0 Å². The molecule has 0 unspecified atom stereocenters. The Morgan fingerprint density at radius 2 is 1.61 bits per heavy atom. The van der Waals surface area contributed by atoms with Gasteiger partial charge in [-0.2, -0.15) is 0 Å². The van der Waals surface area contributed by atoms with Crippen molar-refractivity contribution in [2.75, 3.05) is 10.0 Å². The number of sulfonamides is 1. The summed E-state index contributed by atoms with van der Waals surface area (Å²) in [6.07, 6.45) is 0. The monoisotopic (exact) mass is 422 g/mol. The van der Waals surface area contributed by atoms with Gasteiger partial charge in [-0.05, 0) is 42.5 Å². The predicted octanol–water partition coefficient (Wildman–Crippen LogP) is 4.67. The van der Waals surface area contributed by atoms with Crippen LogP contribution in [-0.2, 0) is 10.0 Å². The molecule has 0 aliphatic rings. The van der Waals surface area contributed by atoms with E-state index in [4.69, 9.17) is 11.6 Å². The molecular formula is C19H13ClF2N2O3S. The van der Waals surface area contributed by atoms with E-state index in [1.807, 2.05) is 0 Å². The molecule has 0 saturated carbocycles. The first-order valence-electron chi connectivity index (χ1n) is 7.90. The lowest BCUT2D eigenvalue weighted by molar-refractivity contribution is 0.102. The van der Waals surface area contributed by atoms with E-state index in [0.29, 0.717) is 0 Å². The molecule has 0 atom stereocenters. The minimum absolute atomic E-state index is 0.00237. The lowest BCUT2D eigenvalue weighted by Crippen LogP contribution is -2.15. The zero-order valence-electron chi connectivity index (χ0n) is 14.1. The fourth-order valence-corrected chi connectivity index (χ4v) is 3.70. The number of nitrogens with one attached hydrogen (secondary N) is 2. The van der Waals surface area contributed by atoms with Gasteiger partial charge in [-0.25, -0.2) is 17.2 Å². The molecule has 0 radical (unpaired) electrons. The van der Waals surface area contributed by atoms with Crippen molar-refractivity contribution in [2.24, 2.45) is 0 Å². The SMILES string of the molecule is O=C(Nc1ccc(F)c(F)c1)c1ccc(NS(=O)(=O)c2ccccc2)c(Cl)c1. The molecule has 3 rings (SSSR count). The van der Waals surface area contributed by atoms with Gasteiger partial charge < -0.3 is 5.32 Å². The predicted molar refractivity (Wildman–Crippen MR) is 103 cm³/mol. The Balaban J connectivity index is 1.78. The van der Waals surface area contributed by atoms with Crippen molar-refractivity contribution >= 4 is 38.9 Å². The molecule has 0 aromatic heterocycles. The minimum atomic E-state index is -3.84. The zero-order chi connectivity index (χ0) is 20.3. The van der Waals surface area contributed by atoms with Crippen molar-refractivity contribution in [3.8, 4) is 0 Å². The summed E-state index contributed by atoms with van der Waals surface area (Å²) in [6, 6.07) is 14.6. The molecule has 1 amide bonds. The average molecular weight is 423 g/mol. The van der Waals surface area contributed by atoms with E-state index < -0.39 is 27.6 Å². The Kier molecular flexibility index (Phi) is 5.62. The maximum absolute atomic E-state index is 13.2. The van der Waals surface area contributed by atoms with Crippen LogP contribution in [0.15, 0.2) is 71.6 Å². The Labute approximate surface area is 165 Å². The highest BCUT2D eigenvalue weighted by molar-refractivity contribution is 7.92. The second-order valence-electron chi connectivity index (χ2n) is 5.70. The third-order valence-corrected chi connectivity index (χ3v) is 5.40. The summed E-state index contributed by atoms with van der Waals surface area (Å²) >= 11 is 6.10. The topological polar surface area (TPSA) is 75.3 Å². The second kappa shape index (κ2) is 7.95. The molecule has 28 heavy (non-hydrogen) atoms.